The normalized spacial score (nSPS) is 20.8. The number of fused-ring (bicyclic) bond motifs is 2. The summed E-state index contributed by atoms with van der Waals surface area (Å²) in [6.45, 7) is 5.91. The Morgan fingerprint density at radius 1 is 1.13 bits per heavy atom. The lowest BCUT2D eigenvalue weighted by atomic mass is 9.73. The van der Waals surface area contributed by atoms with Gasteiger partial charge in [0.05, 0.1) is 28.4 Å². The van der Waals surface area contributed by atoms with Gasteiger partial charge in [-0.25, -0.2) is 0 Å². The summed E-state index contributed by atoms with van der Waals surface area (Å²) in [5.74, 6) is 0.193. The summed E-state index contributed by atoms with van der Waals surface area (Å²) in [4.78, 5) is 23.7. The number of anilines is 1. The number of nitro benzene ring substituents is 2. The molecule has 0 saturated heterocycles. The first kappa shape index (κ1) is 19.7. The maximum atomic E-state index is 11.8. The number of rotatable bonds is 3. The molecule has 1 unspecified atom stereocenters. The number of hydrogen-bond donors (Lipinski definition) is 0. The number of nitro groups is 2. The van der Waals surface area contributed by atoms with Crippen molar-refractivity contribution in [2.24, 2.45) is 0 Å². The third kappa shape index (κ3) is 2.23. The van der Waals surface area contributed by atoms with E-state index in [1.54, 1.807) is 6.08 Å². The van der Waals surface area contributed by atoms with Crippen LogP contribution in [0.25, 0.3) is 6.08 Å². The molecule has 30 heavy (non-hydrogen) atoms. The van der Waals surface area contributed by atoms with E-state index in [1.807, 2.05) is 57.0 Å². The Bertz CT molecular complexity index is 1140. The van der Waals surface area contributed by atoms with Crippen molar-refractivity contribution in [3.8, 4) is 11.5 Å². The van der Waals surface area contributed by atoms with Crippen molar-refractivity contribution < 1.29 is 19.3 Å². The van der Waals surface area contributed by atoms with Gasteiger partial charge in [0.15, 0.2) is 11.5 Å². The lowest BCUT2D eigenvalue weighted by Gasteiger charge is -2.48. The standard InChI is InChI=1S/C21H21N3O6/c1-12-10-13-18(24(27)28)16(23(25)26)11-17(29-5)19(13)30-21(12)20(2,3)14-8-6-7-9-15(14)22(21)4/h6-11H,1-5H3. The van der Waals surface area contributed by atoms with Gasteiger partial charge in [-0.15, -0.1) is 0 Å². The van der Waals surface area contributed by atoms with E-state index >= 15 is 0 Å². The van der Waals surface area contributed by atoms with E-state index in [-0.39, 0.29) is 17.1 Å². The zero-order chi connectivity index (χ0) is 22.0. The zero-order valence-electron chi connectivity index (χ0n) is 17.3. The Hall–Kier alpha value is -3.62. The average molecular weight is 411 g/mol. The second-order valence-corrected chi connectivity index (χ2v) is 7.98. The second kappa shape index (κ2) is 6.19. The highest BCUT2D eigenvalue weighted by Gasteiger charge is 2.61. The Balaban J connectivity index is 2.04. The molecule has 0 aromatic heterocycles. The number of likely N-dealkylation sites (N-methyl/N-ethyl adjacent to an activating group) is 1. The molecule has 0 N–H and O–H groups in total. The Labute approximate surface area is 172 Å². The number of hydrogen-bond acceptors (Lipinski definition) is 7. The molecule has 2 heterocycles. The summed E-state index contributed by atoms with van der Waals surface area (Å²) < 4.78 is 11.9. The van der Waals surface area contributed by atoms with E-state index in [9.17, 15) is 20.2 Å². The quantitative estimate of drug-likeness (QED) is 0.543. The lowest BCUT2D eigenvalue weighted by Crippen LogP contribution is -2.60. The van der Waals surface area contributed by atoms with Gasteiger partial charge >= 0.3 is 11.4 Å². The summed E-state index contributed by atoms with van der Waals surface area (Å²) >= 11 is 0. The van der Waals surface area contributed by atoms with Gasteiger partial charge in [0, 0.05) is 12.7 Å². The highest BCUT2D eigenvalue weighted by atomic mass is 16.6. The minimum Gasteiger partial charge on any atom is -0.493 e. The number of para-hydroxylation sites is 1. The maximum absolute atomic E-state index is 11.8. The molecular weight excluding hydrogens is 390 g/mol. The van der Waals surface area contributed by atoms with Crippen molar-refractivity contribution in [3.05, 3.63) is 67.3 Å². The topological polar surface area (TPSA) is 108 Å². The van der Waals surface area contributed by atoms with Gasteiger partial charge in [0.25, 0.3) is 0 Å². The van der Waals surface area contributed by atoms with E-state index in [0.717, 1.165) is 17.3 Å². The van der Waals surface area contributed by atoms with Gasteiger partial charge in [0.2, 0.25) is 5.72 Å². The zero-order valence-corrected chi connectivity index (χ0v) is 17.3. The summed E-state index contributed by atoms with van der Waals surface area (Å²) in [6.07, 6.45) is 1.61. The first-order valence-corrected chi connectivity index (χ1v) is 9.32. The molecule has 4 rings (SSSR count). The van der Waals surface area contributed by atoms with Crippen LogP contribution in [0, 0.1) is 20.2 Å². The van der Waals surface area contributed by atoms with Crippen LogP contribution in [-0.2, 0) is 5.41 Å². The highest BCUT2D eigenvalue weighted by Crippen LogP contribution is 2.59. The number of methoxy groups -OCH3 is 1. The minimum atomic E-state index is -0.985. The van der Waals surface area contributed by atoms with E-state index in [0.29, 0.717) is 5.57 Å². The van der Waals surface area contributed by atoms with Crippen molar-refractivity contribution in [2.45, 2.75) is 31.9 Å². The molecule has 0 bridgehead atoms. The fourth-order valence-electron chi connectivity index (χ4n) is 4.92. The molecule has 0 radical (unpaired) electrons. The van der Waals surface area contributed by atoms with Crippen LogP contribution in [0.1, 0.15) is 31.9 Å². The van der Waals surface area contributed by atoms with Crippen LogP contribution in [0.3, 0.4) is 0 Å². The summed E-state index contributed by atoms with van der Waals surface area (Å²) in [5.41, 5.74) is 0.0217. The lowest BCUT2D eigenvalue weighted by molar-refractivity contribution is -0.422. The SMILES string of the molecule is COc1cc([N+](=O)[O-])c([N+](=O)[O-])c2c1OC1(C(C)=C2)N(C)c2ccccc2C1(C)C. The van der Waals surface area contributed by atoms with Gasteiger partial charge in [-0.3, -0.25) is 20.2 Å². The molecule has 9 heteroatoms. The molecule has 2 aliphatic rings. The smallest absolute Gasteiger partial charge is 0.357 e. The number of benzene rings is 2. The van der Waals surface area contributed by atoms with Gasteiger partial charge in [-0.05, 0) is 44.1 Å². The Morgan fingerprint density at radius 3 is 2.37 bits per heavy atom. The van der Waals surface area contributed by atoms with E-state index in [4.69, 9.17) is 9.47 Å². The number of ether oxygens (including phenoxy) is 2. The van der Waals surface area contributed by atoms with Crippen LogP contribution < -0.4 is 14.4 Å². The van der Waals surface area contributed by atoms with Crippen molar-refractivity contribution in [3.63, 3.8) is 0 Å². The van der Waals surface area contributed by atoms with Crippen LogP contribution >= 0.6 is 0 Å². The molecular formula is C21H21N3O6. The fraction of sp³-hybridized carbons (Fsp3) is 0.333. The third-order valence-electron chi connectivity index (χ3n) is 6.24. The molecule has 2 aromatic rings. The van der Waals surface area contributed by atoms with E-state index < -0.39 is 32.4 Å². The predicted octanol–water partition coefficient (Wildman–Crippen LogP) is 4.43. The fourth-order valence-corrected chi connectivity index (χ4v) is 4.92. The van der Waals surface area contributed by atoms with Crippen LogP contribution in [0.2, 0.25) is 0 Å². The molecule has 156 valence electrons. The van der Waals surface area contributed by atoms with Crippen molar-refractivity contribution in [2.75, 3.05) is 19.1 Å². The van der Waals surface area contributed by atoms with Gasteiger partial charge in [-0.2, -0.15) is 0 Å². The molecule has 1 spiro atoms. The Kier molecular flexibility index (Phi) is 4.06. The first-order chi connectivity index (χ1) is 14.1. The molecule has 0 saturated carbocycles. The van der Waals surface area contributed by atoms with Gasteiger partial charge in [0.1, 0.15) is 5.56 Å². The monoisotopic (exact) mass is 411 g/mol. The molecule has 2 aliphatic heterocycles. The van der Waals surface area contributed by atoms with Gasteiger partial charge < -0.3 is 14.4 Å². The van der Waals surface area contributed by atoms with Crippen molar-refractivity contribution in [1.82, 2.24) is 0 Å². The molecule has 0 amide bonds. The van der Waals surface area contributed by atoms with Crippen LogP contribution in [0.15, 0.2) is 35.9 Å². The van der Waals surface area contributed by atoms with Crippen LogP contribution in [0.4, 0.5) is 17.1 Å². The molecule has 1 atom stereocenters. The van der Waals surface area contributed by atoms with E-state index in [1.165, 1.54) is 7.11 Å². The van der Waals surface area contributed by atoms with Crippen molar-refractivity contribution in [1.29, 1.82) is 0 Å². The molecule has 0 fully saturated rings. The third-order valence-corrected chi connectivity index (χ3v) is 6.24. The predicted molar refractivity (Wildman–Crippen MR) is 111 cm³/mol. The minimum absolute atomic E-state index is 0.0364. The van der Waals surface area contributed by atoms with E-state index in [2.05, 4.69) is 0 Å². The van der Waals surface area contributed by atoms with Crippen LogP contribution in [0.5, 0.6) is 11.5 Å². The summed E-state index contributed by atoms with van der Waals surface area (Å²) in [5, 5.41) is 23.2. The summed E-state index contributed by atoms with van der Waals surface area (Å²) in [7, 11) is 3.26. The molecule has 9 nitrogen and oxygen atoms in total. The first-order valence-electron chi connectivity index (χ1n) is 9.32. The number of nitrogens with zero attached hydrogens (tertiary/aromatic N) is 3. The highest BCUT2D eigenvalue weighted by molar-refractivity contribution is 5.83. The van der Waals surface area contributed by atoms with Crippen LogP contribution in [-0.4, -0.2) is 29.7 Å². The molecule has 0 aliphatic carbocycles. The second-order valence-electron chi connectivity index (χ2n) is 7.98. The maximum Gasteiger partial charge on any atom is 0.357 e. The summed E-state index contributed by atoms with van der Waals surface area (Å²) in [6, 6.07) is 8.97. The Morgan fingerprint density at radius 2 is 1.80 bits per heavy atom. The largest absolute Gasteiger partial charge is 0.493 e. The van der Waals surface area contributed by atoms with Crippen molar-refractivity contribution >= 4 is 23.1 Å². The average Bonchev–Trinajstić information content (AvgIpc) is 2.86. The van der Waals surface area contributed by atoms with Gasteiger partial charge in [-0.1, -0.05) is 18.2 Å². The molecule has 2 aromatic carbocycles.